The zero-order chi connectivity index (χ0) is 24.2. The molecule has 0 atom stereocenters. The van der Waals surface area contributed by atoms with E-state index in [1.807, 2.05) is 54.6 Å². The van der Waals surface area contributed by atoms with Crippen LogP contribution in [0.5, 0.6) is 5.75 Å². The number of hydrogen-bond donors (Lipinski definition) is 2. The predicted octanol–water partition coefficient (Wildman–Crippen LogP) is 3.78. The highest BCUT2D eigenvalue weighted by Crippen LogP contribution is 2.17. The van der Waals surface area contributed by atoms with Crippen molar-refractivity contribution in [3.8, 4) is 5.75 Å². The Balaban J connectivity index is 1.45. The lowest BCUT2D eigenvalue weighted by Gasteiger charge is -2.11. The summed E-state index contributed by atoms with van der Waals surface area (Å²) in [6, 6.07) is 23.8. The van der Waals surface area contributed by atoms with E-state index >= 15 is 0 Å². The predicted molar refractivity (Wildman–Crippen MR) is 130 cm³/mol. The number of amides is 2. The van der Waals surface area contributed by atoms with E-state index in [2.05, 4.69) is 10.6 Å². The smallest absolute Gasteiger partial charge is 0.340 e. The number of carbonyl (C=O) groups is 3. The third-order valence-electron chi connectivity index (χ3n) is 5.13. The number of para-hydroxylation sites is 1. The Labute approximate surface area is 199 Å². The lowest BCUT2D eigenvalue weighted by atomic mass is 10.1. The topological polar surface area (TPSA) is 93.7 Å². The maximum Gasteiger partial charge on any atom is 0.340 e. The molecule has 2 N–H and O–H groups in total. The standard InChI is InChI=1S/C27H28N2O5/c1-33-22-14-11-21(12-15-22)13-16-25(30)29-24-10-6-5-9-23(24)27(32)34-19-26(31)28-18-17-20-7-3-2-4-8-20/h2-12,14-15H,13,16-19H2,1H3,(H,28,31)(H,29,30). The van der Waals surface area contributed by atoms with E-state index in [1.54, 1.807) is 31.4 Å². The summed E-state index contributed by atoms with van der Waals surface area (Å²) in [5, 5.41) is 5.49. The lowest BCUT2D eigenvalue weighted by molar-refractivity contribution is -0.124. The zero-order valence-corrected chi connectivity index (χ0v) is 19.1. The van der Waals surface area contributed by atoms with Gasteiger partial charge in [-0.15, -0.1) is 0 Å². The fourth-order valence-electron chi connectivity index (χ4n) is 3.28. The molecule has 0 bridgehead atoms. The Bertz CT molecular complexity index is 1100. The second-order valence-electron chi connectivity index (χ2n) is 7.60. The SMILES string of the molecule is COc1ccc(CCC(=O)Nc2ccccc2C(=O)OCC(=O)NCCc2ccccc2)cc1. The average molecular weight is 461 g/mol. The molecule has 3 rings (SSSR count). The van der Waals surface area contributed by atoms with E-state index in [-0.39, 0.29) is 23.8 Å². The minimum absolute atomic E-state index is 0.192. The molecule has 7 heteroatoms. The van der Waals surface area contributed by atoms with Gasteiger partial charge in [-0.05, 0) is 48.2 Å². The Morgan fingerprint density at radius 1 is 0.765 bits per heavy atom. The van der Waals surface area contributed by atoms with Gasteiger partial charge in [-0.25, -0.2) is 4.79 Å². The summed E-state index contributed by atoms with van der Waals surface area (Å²) in [5.41, 5.74) is 2.65. The number of esters is 1. The van der Waals surface area contributed by atoms with Crippen LogP contribution in [0.2, 0.25) is 0 Å². The summed E-state index contributed by atoms with van der Waals surface area (Å²) in [4.78, 5) is 37.0. The van der Waals surface area contributed by atoms with Gasteiger partial charge in [0.2, 0.25) is 5.91 Å². The maximum atomic E-state index is 12.5. The van der Waals surface area contributed by atoms with Crippen LogP contribution in [0.25, 0.3) is 0 Å². The van der Waals surface area contributed by atoms with Crippen LogP contribution in [0.1, 0.15) is 27.9 Å². The average Bonchev–Trinajstić information content (AvgIpc) is 2.87. The molecule has 0 unspecified atom stereocenters. The Kier molecular flexibility index (Phi) is 9.22. The van der Waals surface area contributed by atoms with Gasteiger partial charge in [0.15, 0.2) is 6.61 Å². The van der Waals surface area contributed by atoms with Gasteiger partial charge in [-0.2, -0.15) is 0 Å². The summed E-state index contributed by atoms with van der Waals surface area (Å²) in [7, 11) is 1.60. The number of benzene rings is 3. The first-order chi connectivity index (χ1) is 16.5. The van der Waals surface area contributed by atoms with E-state index in [0.717, 1.165) is 16.9 Å². The summed E-state index contributed by atoms with van der Waals surface area (Å²) in [5.74, 6) is -0.533. The van der Waals surface area contributed by atoms with Crippen LogP contribution < -0.4 is 15.4 Å². The third kappa shape index (κ3) is 7.78. The van der Waals surface area contributed by atoms with Crippen molar-refractivity contribution in [3.63, 3.8) is 0 Å². The minimum Gasteiger partial charge on any atom is -0.497 e. The van der Waals surface area contributed by atoms with Crippen molar-refractivity contribution >= 4 is 23.5 Å². The van der Waals surface area contributed by atoms with E-state index < -0.39 is 12.6 Å². The largest absolute Gasteiger partial charge is 0.497 e. The first kappa shape index (κ1) is 24.5. The molecular formula is C27H28N2O5. The van der Waals surface area contributed by atoms with Crippen molar-refractivity contribution in [1.82, 2.24) is 5.32 Å². The summed E-state index contributed by atoms with van der Waals surface area (Å²) in [6.07, 6.45) is 1.48. The summed E-state index contributed by atoms with van der Waals surface area (Å²) < 4.78 is 10.3. The molecule has 0 aliphatic rings. The number of nitrogens with one attached hydrogen (secondary N) is 2. The quantitative estimate of drug-likeness (QED) is 0.425. The van der Waals surface area contributed by atoms with E-state index in [9.17, 15) is 14.4 Å². The summed E-state index contributed by atoms with van der Waals surface area (Å²) >= 11 is 0. The molecule has 0 aromatic heterocycles. The molecule has 3 aromatic carbocycles. The van der Waals surface area contributed by atoms with Crippen LogP contribution in [0, 0.1) is 0 Å². The Hall–Kier alpha value is -4.13. The first-order valence-electron chi connectivity index (χ1n) is 11.0. The highest BCUT2D eigenvalue weighted by atomic mass is 16.5. The minimum atomic E-state index is -0.677. The number of carbonyl (C=O) groups excluding carboxylic acids is 3. The van der Waals surface area contributed by atoms with Gasteiger partial charge in [0.25, 0.3) is 5.91 Å². The number of anilines is 1. The fourth-order valence-corrected chi connectivity index (χ4v) is 3.28. The van der Waals surface area contributed by atoms with Crippen molar-refractivity contribution in [2.75, 3.05) is 25.6 Å². The van der Waals surface area contributed by atoms with Crippen molar-refractivity contribution < 1.29 is 23.9 Å². The van der Waals surface area contributed by atoms with Gasteiger partial charge >= 0.3 is 5.97 Å². The highest BCUT2D eigenvalue weighted by molar-refractivity contribution is 6.01. The van der Waals surface area contributed by atoms with E-state index in [0.29, 0.717) is 25.1 Å². The molecule has 2 amide bonds. The first-order valence-corrected chi connectivity index (χ1v) is 11.0. The number of methoxy groups -OCH3 is 1. The normalized spacial score (nSPS) is 10.3. The van der Waals surface area contributed by atoms with E-state index in [1.165, 1.54) is 0 Å². The molecule has 7 nitrogen and oxygen atoms in total. The van der Waals surface area contributed by atoms with Gasteiger partial charge in [-0.3, -0.25) is 9.59 Å². The molecule has 0 aliphatic heterocycles. The zero-order valence-electron chi connectivity index (χ0n) is 19.1. The highest BCUT2D eigenvalue weighted by Gasteiger charge is 2.16. The van der Waals surface area contributed by atoms with Crippen LogP contribution in [0.4, 0.5) is 5.69 Å². The second-order valence-corrected chi connectivity index (χ2v) is 7.60. The molecule has 0 aliphatic carbocycles. The van der Waals surface area contributed by atoms with Gasteiger partial charge in [-0.1, -0.05) is 54.6 Å². The van der Waals surface area contributed by atoms with Crippen molar-refractivity contribution in [2.45, 2.75) is 19.3 Å². The molecular weight excluding hydrogens is 432 g/mol. The molecule has 176 valence electrons. The maximum absolute atomic E-state index is 12.5. The molecule has 3 aromatic rings. The molecule has 0 spiro atoms. The van der Waals surface area contributed by atoms with Crippen molar-refractivity contribution in [1.29, 1.82) is 0 Å². The summed E-state index contributed by atoms with van der Waals surface area (Å²) in [6.45, 7) is 0.0502. The van der Waals surface area contributed by atoms with Crippen molar-refractivity contribution in [2.24, 2.45) is 0 Å². The number of ether oxygens (including phenoxy) is 2. The Morgan fingerprint density at radius 3 is 2.18 bits per heavy atom. The van der Waals surface area contributed by atoms with Gasteiger partial charge in [0.1, 0.15) is 5.75 Å². The molecule has 34 heavy (non-hydrogen) atoms. The van der Waals surface area contributed by atoms with Gasteiger partial charge < -0.3 is 20.1 Å². The molecule has 0 saturated heterocycles. The van der Waals surface area contributed by atoms with Gasteiger partial charge in [0.05, 0.1) is 18.4 Å². The lowest BCUT2D eigenvalue weighted by Crippen LogP contribution is -2.30. The van der Waals surface area contributed by atoms with Crippen LogP contribution in [0.3, 0.4) is 0 Å². The van der Waals surface area contributed by atoms with Crippen LogP contribution in [-0.4, -0.2) is 38.0 Å². The molecule has 0 saturated carbocycles. The van der Waals surface area contributed by atoms with Crippen molar-refractivity contribution in [3.05, 3.63) is 95.6 Å². The molecule has 0 heterocycles. The third-order valence-corrected chi connectivity index (χ3v) is 5.13. The van der Waals surface area contributed by atoms with Gasteiger partial charge in [0, 0.05) is 13.0 Å². The van der Waals surface area contributed by atoms with Crippen LogP contribution >= 0.6 is 0 Å². The monoisotopic (exact) mass is 460 g/mol. The number of rotatable bonds is 11. The van der Waals surface area contributed by atoms with Crippen LogP contribution in [0.15, 0.2) is 78.9 Å². The van der Waals surface area contributed by atoms with Crippen LogP contribution in [-0.2, 0) is 27.2 Å². The fraction of sp³-hybridized carbons (Fsp3) is 0.222. The molecule has 0 radical (unpaired) electrons. The number of hydrogen-bond acceptors (Lipinski definition) is 5. The van der Waals surface area contributed by atoms with E-state index in [4.69, 9.17) is 9.47 Å². The Morgan fingerprint density at radius 2 is 1.44 bits per heavy atom. The number of aryl methyl sites for hydroxylation is 1. The second kappa shape index (κ2) is 12.8. The molecule has 0 fully saturated rings.